The molecule has 1 saturated heterocycles. The van der Waals surface area contributed by atoms with E-state index in [1.54, 1.807) is 6.07 Å². The summed E-state index contributed by atoms with van der Waals surface area (Å²) in [5.74, 6) is 0.0175. The zero-order chi connectivity index (χ0) is 13.2. The van der Waals surface area contributed by atoms with Crippen molar-refractivity contribution in [2.24, 2.45) is 5.41 Å². The summed E-state index contributed by atoms with van der Waals surface area (Å²) in [6.45, 7) is 6.11. The molecule has 1 N–H and O–H groups in total. The van der Waals surface area contributed by atoms with Crippen LogP contribution in [0.2, 0.25) is 0 Å². The molecule has 0 saturated carbocycles. The number of amides is 1. The number of hydrogen-bond acceptors (Lipinski definition) is 2. The van der Waals surface area contributed by atoms with Crippen LogP contribution in [0.5, 0.6) is 0 Å². The molecule has 0 bridgehead atoms. The molecule has 0 spiro atoms. The van der Waals surface area contributed by atoms with Crippen LogP contribution in [0.4, 0.5) is 0 Å². The van der Waals surface area contributed by atoms with E-state index in [4.69, 9.17) is 0 Å². The van der Waals surface area contributed by atoms with Crippen LogP contribution in [0, 0.1) is 5.41 Å². The molecule has 1 fully saturated rings. The molecule has 0 atom stereocenters. The fraction of sp³-hybridized carbons (Fsp3) is 0.571. The predicted octanol–water partition coefficient (Wildman–Crippen LogP) is 2.03. The van der Waals surface area contributed by atoms with E-state index < -0.39 is 0 Å². The minimum absolute atomic E-state index is 0.0175. The van der Waals surface area contributed by atoms with Gasteiger partial charge in [-0.3, -0.25) is 9.59 Å². The lowest BCUT2D eigenvalue weighted by Gasteiger charge is -2.23. The Labute approximate surface area is 107 Å². The molecule has 0 aromatic carbocycles. The van der Waals surface area contributed by atoms with Crippen molar-refractivity contribution < 1.29 is 4.79 Å². The largest absolute Gasteiger partial charge is 0.339 e. The Morgan fingerprint density at radius 1 is 1.28 bits per heavy atom. The molecular weight excluding hydrogens is 228 g/mol. The zero-order valence-electron chi connectivity index (χ0n) is 11.0. The number of aromatic nitrogens is 1. The highest BCUT2D eigenvalue weighted by atomic mass is 16.2. The minimum atomic E-state index is -0.177. The molecule has 1 amide bonds. The number of H-pyrrole nitrogens is 1. The van der Waals surface area contributed by atoms with Gasteiger partial charge < -0.3 is 9.88 Å². The van der Waals surface area contributed by atoms with Crippen LogP contribution >= 0.6 is 0 Å². The van der Waals surface area contributed by atoms with E-state index in [9.17, 15) is 9.59 Å². The van der Waals surface area contributed by atoms with Crippen LogP contribution in [0.3, 0.4) is 0 Å². The Balaban J connectivity index is 2.09. The standard InChI is InChI=1S/C14H20N2O2/c1-14(2)6-3-8-16(9-7-14)13(18)11-4-5-12(17)15-10-11/h4-5,10H,3,6-9H2,1-2H3,(H,15,17). The van der Waals surface area contributed by atoms with Crippen LogP contribution in [-0.4, -0.2) is 28.9 Å². The number of carbonyl (C=O) groups excluding carboxylic acids is 1. The summed E-state index contributed by atoms with van der Waals surface area (Å²) in [6.07, 6.45) is 4.73. The van der Waals surface area contributed by atoms with Crippen molar-refractivity contribution in [3.05, 3.63) is 34.2 Å². The summed E-state index contributed by atoms with van der Waals surface area (Å²) in [7, 11) is 0. The van der Waals surface area contributed by atoms with Crippen molar-refractivity contribution in [1.29, 1.82) is 0 Å². The average molecular weight is 248 g/mol. The van der Waals surface area contributed by atoms with Gasteiger partial charge in [0.15, 0.2) is 0 Å². The number of nitrogens with zero attached hydrogens (tertiary/aromatic N) is 1. The van der Waals surface area contributed by atoms with Crippen molar-refractivity contribution in [3.8, 4) is 0 Å². The second-order valence-electron chi connectivity index (χ2n) is 5.75. The topological polar surface area (TPSA) is 53.2 Å². The fourth-order valence-corrected chi connectivity index (χ4v) is 2.35. The zero-order valence-corrected chi connectivity index (χ0v) is 11.0. The summed E-state index contributed by atoms with van der Waals surface area (Å²) >= 11 is 0. The normalized spacial score (nSPS) is 19.3. The van der Waals surface area contributed by atoms with Crippen LogP contribution in [0.15, 0.2) is 23.1 Å². The van der Waals surface area contributed by atoms with Gasteiger partial charge >= 0.3 is 0 Å². The Kier molecular flexibility index (Phi) is 3.55. The second kappa shape index (κ2) is 4.96. The molecule has 2 rings (SSSR count). The molecule has 98 valence electrons. The molecule has 18 heavy (non-hydrogen) atoms. The summed E-state index contributed by atoms with van der Waals surface area (Å²) in [5, 5.41) is 0. The van der Waals surface area contributed by atoms with E-state index >= 15 is 0 Å². The third-order valence-corrected chi connectivity index (χ3v) is 3.66. The van der Waals surface area contributed by atoms with E-state index in [2.05, 4.69) is 18.8 Å². The molecule has 1 aliphatic rings. The summed E-state index contributed by atoms with van der Waals surface area (Å²) in [5.41, 5.74) is 0.706. The highest BCUT2D eigenvalue weighted by Gasteiger charge is 2.25. The molecule has 0 aliphatic carbocycles. The number of aromatic amines is 1. The van der Waals surface area contributed by atoms with Crippen LogP contribution in [-0.2, 0) is 0 Å². The average Bonchev–Trinajstić information content (AvgIpc) is 2.50. The number of hydrogen-bond donors (Lipinski definition) is 1. The summed E-state index contributed by atoms with van der Waals surface area (Å²) in [4.78, 5) is 27.7. The maximum atomic E-state index is 12.3. The number of nitrogens with one attached hydrogen (secondary N) is 1. The van der Waals surface area contributed by atoms with Gasteiger partial charge in [0, 0.05) is 25.4 Å². The molecule has 0 unspecified atom stereocenters. The first-order valence-electron chi connectivity index (χ1n) is 6.46. The van der Waals surface area contributed by atoms with Crippen LogP contribution < -0.4 is 5.56 Å². The van der Waals surface area contributed by atoms with E-state index in [-0.39, 0.29) is 11.5 Å². The maximum absolute atomic E-state index is 12.3. The van der Waals surface area contributed by atoms with Gasteiger partial charge in [0.2, 0.25) is 5.56 Å². The van der Waals surface area contributed by atoms with Gasteiger partial charge in [-0.2, -0.15) is 0 Å². The Hall–Kier alpha value is -1.58. The lowest BCUT2D eigenvalue weighted by Crippen LogP contribution is -2.32. The van der Waals surface area contributed by atoms with Crippen LogP contribution in [0.1, 0.15) is 43.5 Å². The monoisotopic (exact) mass is 248 g/mol. The molecule has 2 heterocycles. The number of likely N-dealkylation sites (tertiary alicyclic amines) is 1. The lowest BCUT2D eigenvalue weighted by molar-refractivity contribution is 0.0757. The molecule has 1 aliphatic heterocycles. The first kappa shape index (κ1) is 12.9. The third kappa shape index (κ3) is 3.00. The molecule has 1 aromatic rings. The van der Waals surface area contributed by atoms with E-state index in [0.29, 0.717) is 11.0 Å². The van der Waals surface area contributed by atoms with Gasteiger partial charge in [0.25, 0.3) is 5.91 Å². The smallest absolute Gasteiger partial charge is 0.255 e. The van der Waals surface area contributed by atoms with Crippen molar-refractivity contribution >= 4 is 5.91 Å². The van der Waals surface area contributed by atoms with Gasteiger partial charge in [-0.15, -0.1) is 0 Å². The van der Waals surface area contributed by atoms with E-state index in [1.807, 2.05) is 4.90 Å². The molecule has 1 aromatic heterocycles. The van der Waals surface area contributed by atoms with E-state index in [0.717, 1.165) is 32.4 Å². The van der Waals surface area contributed by atoms with Gasteiger partial charge in [-0.05, 0) is 30.7 Å². The van der Waals surface area contributed by atoms with Crippen molar-refractivity contribution in [1.82, 2.24) is 9.88 Å². The van der Waals surface area contributed by atoms with Crippen molar-refractivity contribution in [2.75, 3.05) is 13.1 Å². The van der Waals surface area contributed by atoms with E-state index in [1.165, 1.54) is 12.3 Å². The first-order valence-corrected chi connectivity index (χ1v) is 6.46. The molecule has 0 radical (unpaired) electrons. The van der Waals surface area contributed by atoms with Gasteiger partial charge in [-0.25, -0.2) is 0 Å². The first-order chi connectivity index (χ1) is 8.48. The fourth-order valence-electron chi connectivity index (χ4n) is 2.35. The number of rotatable bonds is 1. The predicted molar refractivity (Wildman–Crippen MR) is 70.6 cm³/mol. The Morgan fingerprint density at radius 2 is 2.06 bits per heavy atom. The maximum Gasteiger partial charge on any atom is 0.255 e. The number of carbonyl (C=O) groups is 1. The van der Waals surface area contributed by atoms with Crippen LogP contribution in [0.25, 0.3) is 0 Å². The Morgan fingerprint density at radius 3 is 2.72 bits per heavy atom. The quantitative estimate of drug-likeness (QED) is 0.826. The highest BCUT2D eigenvalue weighted by Crippen LogP contribution is 2.30. The molecule has 4 heteroatoms. The lowest BCUT2D eigenvalue weighted by atomic mass is 9.85. The van der Waals surface area contributed by atoms with Crippen molar-refractivity contribution in [3.63, 3.8) is 0 Å². The summed E-state index contributed by atoms with van der Waals surface area (Å²) < 4.78 is 0. The highest BCUT2D eigenvalue weighted by molar-refractivity contribution is 5.93. The minimum Gasteiger partial charge on any atom is -0.339 e. The summed E-state index contributed by atoms with van der Waals surface area (Å²) in [6, 6.07) is 2.99. The molecule has 4 nitrogen and oxygen atoms in total. The molecular formula is C14H20N2O2. The SMILES string of the molecule is CC1(C)CCCN(C(=O)c2ccc(=O)[nH]c2)CC1. The second-order valence-corrected chi connectivity index (χ2v) is 5.75. The van der Waals surface area contributed by atoms with Gasteiger partial charge in [0.05, 0.1) is 5.56 Å². The van der Waals surface area contributed by atoms with Crippen molar-refractivity contribution in [2.45, 2.75) is 33.1 Å². The number of pyridine rings is 1. The van der Waals surface area contributed by atoms with Gasteiger partial charge in [-0.1, -0.05) is 13.8 Å². The Bertz CT molecular complexity index is 470. The van der Waals surface area contributed by atoms with Gasteiger partial charge in [0.1, 0.15) is 0 Å². The third-order valence-electron chi connectivity index (χ3n) is 3.66.